The van der Waals surface area contributed by atoms with Crippen LogP contribution in [-0.2, 0) is 5.54 Å². The second-order valence-electron chi connectivity index (χ2n) is 5.88. The van der Waals surface area contributed by atoms with Crippen LogP contribution in [-0.4, -0.2) is 23.4 Å². The summed E-state index contributed by atoms with van der Waals surface area (Å²) in [6.45, 7) is 5.22. The van der Waals surface area contributed by atoms with E-state index in [9.17, 15) is 0 Å². The maximum absolute atomic E-state index is 6.24. The highest BCUT2D eigenvalue weighted by Crippen LogP contribution is 2.38. The molecule has 23 heavy (non-hydrogen) atoms. The van der Waals surface area contributed by atoms with Crippen molar-refractivity contribution in [1.29, 1.82) is 0 Å². The molecular formula is C17H23N3O3. The molecule has 2 aromatic rings. The van der Waals surface area contributed by atoms with Gasteiger partial charge in [-0.3, -0.25) is 0 Å². The molecule has 0 aliphatic heterocycles. The second-order valence-corrected chi connectivity index (χ2v) is 5.88. The average molecular weight is 317 g/mol. The van der Waals surface area contributed by atoms with E-state index in [0.717, 1.165) is 37.0 Å². The largest absolute Gasteiger partial charge is 0.490 e. The highest BCUT2D eigenvalue weighted by Gasteiger charge is 2.39. The van der Waals surface area contributed by atoms with Gasteiger partial charge in [-0.05, 0) is 50.8 Å². The number of ether oxygens (including phenoxy) is 2. The van der Waals surface area contributed by atoms with E-state index in [2.05, 4.69) is 17.1 Å². The number of hydrogen-bond acceptors (Lipinski definition) is 6. The van der Waals surface area contributed by atoms with Gasteiger partial charge in [0, 0.05) is 5.56 Å². The van der Waals surface area contributed by atoms with Crippen LogP contribution in [0.25, 0.3) is 11.5 Å². The number of nitrogens with zero attached hydrogens (tertiary/aromatic N) is 2. The first-order valence-electron chi connectivity index (χ1n) is 8.19. The van der Waals surface area contributed by atoms with E-state index in [-0.39, 0.29) is 0 Å². The first-order valence-corrected chi connectivity index (χ1v) is 8.19. The van der Waals surface area contributed by atoms with Crippen LogP contribution < -0.4 is 15.2 Å². The van der Waals surface area contributed by atoms with Crippen molar-refractivity contribution in [3.8, 4) is 23.0 Å². The smallest absolute Gasteiger partial charge is 0.258 e. The summed E-state index contributed by atoms with van der Waals surface area (Å²) in [6.07, 6.45) is 3.86. The molecule has 2 N–H and O–H groups in total. The van der Waals surface area contributed by atoms with Crippen LogP contribution in [0.15, 0.2) is 22.7 Å². The zero-order valence-electron chi connectivity index (χ0n) is 13.7. The summed E-state index contributed by atoms with van der Waals surface area (Å²) in [5.41, 5.74) is 6.63. The first kappa shape index (κ1) is 15.8. The Bertz CT molecular complexity index is 665. The first-order chi connectivity index (χ1) is 11.2. The van der Waals surface area contributed by atoms with Crippen molar-refractivity contribution < 1.29 is 14.0 Å². The van der Waals surface area contributed by atoms with Crippen LogP contribution in [0, 0.1) is 0 Å². The van der Waals surface area contributed by atoms with Gasteiger partial charge in [0.1, 0.15) is 0 Å². The molecule has 0 atom stereocenters. The molecule has 3 rings (SSSR count). The van der Waals surface area contributed by atoms with E-state index in [1.807, 2.05) is 25.1 Å². The summed E-state index contributed by atoms with van der Waals surface area (Å²) >= 11 is 0. The van der Waals surface area contributed by atoms with Gasteiger partial charge in [0.15, 0.2) is 17.3 Å². The van der Waals surface area contributed by atoms with Crippen LogP contribution in [0.3, 0.4) is 0 Å². The summed E-state index contributed by atoms with van der Waals surface area (Å²) < 4.78 is 16.8. The summed E-state index contributed by atoms with van der Waals surface area (Å²) in [5.74, 6) is 2.46. The van der Waals surface area contributed by atoms with Crippen LogP contribution in [0.5, 0.6) is 11.5 Å². The van der Waals surface area contributed by atoms with Gasteiger partial charge >= 0.3 is 0 Å². The molecule has 6 nitrogen and oxygen atoms in total. The Morgan fingerprint density at radius 1 is 1.22 bits per heavy atom. The molecule has 0 amide bonds. The van der Waals surface area contributed by atoms with E-state index in [1.54, 1.807) is 0 Å². The van der Waals surface area contributed by atoms with E-state index in [4.69, 9.17) is 19.7 Å². The molecule has 1 aromatic carbocycles. The van der Waals surface area contributed by atoms with Gasteiger partial charge in [0.25, 0.3) is 5.89 Å². The third-order valence-electron chi connectivity index (χ3n) is 4.07. The van der Waals surface area contributed by atoms with Gasteiger partial charge in [-0.15, -0.1) is 0 Å². The minimum Gasteiger partial charge on any atom is -0.490 e. The van der Waals surface area contributed by atoms with Crippen molar-refractivity contribution in [3.05, 3.63) is 24.0 Å². The quantitative estimate of drug-likeness (QED) is 0.844. The second kappa shape index (κ2) is 6.58. The van der Waals surface area contributed by atoms with Gasteiger partial charge in [0.05, 0.1) is 18.8 Å². The zero-order chi connectivity index (χ0) is 16.3. The predicted octanol–water partition coefficient (Wildman–Crippen LogP) is 3.26. The molecule has 0 unspecified atom stereocenters. The molecule has 0 bridgehead atoms. The van der Waals surface area contributed by atoms with E-state index >= 15 is 0 Å². The third-order valence-corrected chi connectivity index (χ3v) is 4.07. The van der Waals surface area contributed by atoms with E-state index in [0.29, 0.717) is 30.7 Å². The molecule has 0 radical (unpaired) electrons. The minimum atomic E-state index is -0.422. The fourth-order valence-corrected chi connectivity index (χ4v) is 2.56. The summed E-state index contributed by atoms with van der Waals surface area (Å²) in [6, 6.07) is 5.64. The minimum absolute atomic E-state index is 0.422. The lowest BCUT2D eigenvalue weighted by atomic mass is 9.77. The number of aromatic nitrogens is 2. The molecule has 6 heteroatoms. The van der Waals surface area contributed by atoms with Crippen molar-refractivity contribution in [1.82, 2.24) is 10.1 Å². The van der Waals surface area contributed by atoms with Gasteiger partial charge in [0.2, 0.25) is 0 Å². The van der Waals surface area contributed by atoms with Gasteiger partial charge in [-0.1, -0.05) is 12.1 Å². The molecule has 1 aliphatic carbocycles. The van der Waals surface area contributed by atoms with Crippen LogP contribution in [0.2, 0.25) is 0 Å². The summed E-state index contributed by atoms with van der Waals surface area (Å²) in [5, 5.41) is 4.05. The summed E-state index contributed by atoms with van der Waals surface area (Å²) in [4.78, 5) is 4.47. The fraction of sp³-hybridized carbons (Fsp3) is 0.529. The van der Waals surface area contributed by atoms with E-state index < -0.39 is 5.54 Å². The monoisotopic (exact) mass is 317 g/mol. The molecular weight excluding hydrogens is 294 g/mol. The standard InChI is InChI=1S/C17H23N3O3/c1-3-10-22-13-7-6-12(11-14(13)21-4-2)15-19-16(20-23-15)17(18)8-5-9-17/h6-7,11H,3-5,8-10,18H2,1-2H3. The average Bonchev–Trinajstić information content (AvgIpc) is 3.02. The highest BCUT2D eigenvalue weighted by atomic mass is 16.5. The Kier molecular flexibility index (Phi) is 4.52. The van der Waals surface area contributed by atoms with Gasteiger partial charge in [-0.2, -0.15) is 4.98 Å². The van der Waals surface area contributed by atoms with Crippen molar-refractivity contribution in [2.24, 2.45) is 5.73 Å². The van der Waals surface area contributed by atoms with Crippen LogP contribution in [0.1, 0.15) is 45.4 Å². The molecule has 1 fully saturated rings. The molecule has 124 valence electrons. The maximum atomic E-state index is 6.24. The Hall–Kier alpha value is -2.08. The number of hydrogen-bond donors (Lipinski definition) is 1. The number of rotatable bonds is 7. The summed E-state index contributed by atoms with van der Waals surface area (Å²) in [7, 11) is 0. The van der Waals surface area contributed by atoms with Gasteiger partial charge < -0.3 is 19.7 Å². The lowest BCUT2D eigenvalue weighted by Gasteiger charge is -2.34. The molecule has 1 aliphatic rings. The molecule has 1 aromatic heterocycles. The normalized spacial score (nSPS) is 16.0. The Morgan fingerprint density at radius 2 is 2.04 bits per heavy atom. The SMILES string of the molecule is CCCOc1ccc(-c2nc(C3(N)CCC3)no2)cc1OCC. The predicted molar refractivity (Wildman–Crippen MR) is 86.4 cm³/mol. The number of benzene rings is 1. The van der Waals surface area contributed by atoms with Crippen molar-refractivity contribution in [3.63, 3.8) is 0 Å². The van der Waals surface area contributed by atoms with Crippen molar-refractivity contribution in [2.75, 3.05) is 13.2 Å². The van der Waals surface area contributed by atoms with Crippen LogP contribution in [0.4, 0.5) is 0 Å². The lowest BCUT2D eigenvalue weighted by Crippen LogP contribution is -2.44. The molecule has 1 saturated carbocycles. The molecule has 0 saturated heterocycles. The Balaban J connectivity index is 1.86. The van der Waals surface area contributed by atoms with Crippen molar-refractivity contribution in [2.45, 2.75) is 45.1 Å². The van der Waals surface area contributed by atoms with E-state index in [1.165, 1.54) is 0 Å². The molecule has 0 spiro atoms. The fourth-order valence-electron chi connectivity index (χ4n) is 2.56. The van der Waals surface area contributed by atoms with Gasteiger partial charge in [-0.25, -0.2) is 0 Å². The maximum Gasteiger partial charge on any atom is 0.258 e. The highest BCUT2D eigenvalue weighted by molar-refractivity contribution is 5.59. The molecule has 1 heterocycles. The lowest BCUT2D eigenvalue weighted by molar-refractivity contribution is 0.229. The number of nitrogens with two attached hydrogens (primary N) is 1. The zero-order valence-corrected chi connectivity index (χ0v) is 13.7. The Labute approximate surface area is 136 Å². The third kappa shape index (κ3) is 3.17. The van der Waals surface area contributed by atoms with Crippen LogP contribution >= 0.6 is 0 Å². The Morgan fingerprint density at radius 3 is 2.70 bits per heavy atom. The topological polar surface area (TPSA) is 83.4 Å². The van der Waals surface area contributed by atoms with Crippen molar-refractivity contribution >= 4 is 0 Å².